The van der Waals surface area contributed by atoms with E-state index < -0.39 is 0 Å². The molecule has 0 bridgehead atoms. The third-order valence-corrected chi connectivity index (χ3v) is 3.79. The largest absolute Gasteiger partial charge is 0.348 e. The van der Waals surface area contributed by atoms with Gasteiger partial charge >= 0.3 is 0 Å². The lowest BCUT2D eigenvalue weighted by Gasteiger charge is -2.11. The molecule has 4 nitrogen and oxygen atoms in total. The molecule has 0 aromatic heterocycles. The Morgan fingerprint density at radius 3 is 2.70 bits per heavy atom. The zero-order valence-corrected chi connectivity index (χ0v) is 12.8. The molecule has 0 aliphatic heterocycles. The van der Waals surface area contributed by atoms with Gasteiger partial charge in [-0.1, -0.05) is 45.7 Å². The normalized spacial score (nSPS) is 10.2. The van der Waals surface area contributed by atoms with Gasteiger partial charge in [0.25, 0.3) is 5.91 Å². The number of hydrazine groups is 1. The lowest BCUT2D eigenvalue weighted by atomic mass is 10.1. The molecule has 0 spiro atoms. The molecule has 1 amide bonds. The molecule has 2 aromatic rings. The molecule has 2 rings (SSSR count). The number of hydrogen-bond acceptors (Lipinski definition) is 3. The van der Waals surface area contributed by atoms with E-state index in [1.165, 1.54) is 0 Å². The van der Waals surface area contributed by atoms with Crippen LogP contribution in [0.25, 0.3) is 0 Å². The summed E-state index contributed by atoms with van der Waals surface area (Å²) in [5.74, 6) is 5.15. The monoisotopic (exact) mass is 353 g/mol. The number of anilines is 1. The van der Waals surface area contributed by atoms with Crippen molar-refractivity contribution in [2.45, 2.75) is 6.54 Å². The highest BCUT2D eigenvalue weighted by atomic mass is 79.9. The predicted molar refractivity (Wildman–Crippen MR) is 84.6 cm³/mol. The molecule has 0 unspecified atom stereocenters. The minimum atomic E-state index is -0.240. The summed E-state index contributed by atoms with van der Waals surface area (Å²) >= 11 is 9.34. The first-order valence-corrected chi connectivity index (χ1v) is 7.06. The predicted octanol–water partition coefficient (Wildman–Crippen LogP) is 3.32. The molecule has 6 heteroatoms. The Morgan fingerprint density at radius 2 is 2.00 bits per heavy atom. The molecule has 104 valence electrons. The highest BCUT2D eigenvalue weighted by Crippen LogP contribution is 2.20. The van der Waals surface area contributed by atoms with Gasteiger partial charge in [0.15, 0.2) is 0 Å². The Balaban J connectivity index is 2.13. The molecule has 0 aliphatic carbocycles. The molecule has 0 heterocycles. The summed E-state index contributed by atoms with van der Waals surface area (Å²) in [5, 5.41) is 3.32. The molecule has 4 N–H and O–H groups in total. The van der Waals surface area contributed by atoms with Crippen molar-refractivity contribution in [1.29, 1.82) is 0 Å². The van der Waals surface area contributed by atoms with Crippen molar-refractivity contribution in [2.75, 3.05) is 5.43 Å². The fraction of sp³-hybridized carbons (Fsp3) is 0.0714. The summed E-state index contributed by atoms with van der Waals surface area (Å²) < 4.78 is 0.948. The SMILES string of the molecule is NNc1ccc(Cl)cc1C(=O)NCc1ccccc1Br. The van der Waals surface area contributed by atoms with Gasteiger partial charge in [-0.3, -0.25) is 10.6 Å². The minimum absolute atomic E-state index is 0.240. The number of nitrogen functional groups attached to an aromatic ring is 1. The van der Waals surface area contributed by atoms with E-state index in [0.717, 1.165) is 10.0 Å². The van der Waals surface area contributed by atoms with Crippen LogP contribution < -0.4 is 16.6 Å². The van der Waals surface area contributed by atoms with Gasteiger partial charge in [-0.05, 0) is 29.8 Å². The highest BCUT2D eigenvalue weighted by Gasteiger charge is 2.11. The Morgan fingerprint density at radius 1 is 1.25 bits per heavy atom. The van der Waals surface area contributed by atoms with Crippen LogP contribution in [0.3, 0.4) is 0 Å². The van der Waals surface area contributed by atoms with Crippen molar-refractivity contribution in [3.8, 4) is 0 Å². The fourth-order valence-electron chi connectivity index (χ4n) is 1.74. The van der Waals surface area contributed by atoms with Crippen LogP contribution in [0.15, 0.2) is 46.9 Å². The van der Waals surface area contributed by atoms with E-state index in [1.54, 1.807) is 18.2 Å². The van der Waals surface area contributed by atoms with E-state index in [1.807, 2.05) is 24.3 Å². The van der Waals surface area contributed by atoms with Crippen LogP contribution in [0.2, 0.25) is 5.02 Å². The maximum atomic E-state index is 12.2. The topological polar surface area (TPSA) is 67.1 Å². The van der Waals surface area contributed by atoms with Crippen LogP contribution in [0.1, 0.15) is 15.9 Å². The average Bonchev–Trinajstić information content (AvgIpc) is 2.46. The molecule has 0 saturated heterocycles. The van der Waals surface area contributed by atoms with Gasteiger partial charge < -0.3 is 10.7 Å². The molecule has 0 fully saturated rings. The number of hydrogen-bond donors (Lipinski definition) is 3. The fourth-order valence-corrected chi connectivity index (χ4v) is 2.34. The summed E-state index contributed by atoms with van der Waals surface area (Å²) in [5.41, 5.74) is 4.41. The van der Waals surface area contributed by atoms with Crippen LogP contribution in [0.4, 0.5) is 5.69 Å². The molecule has 0 atom stereocenters. The number of halogens is 2. The molecule has 0 radical (unpaired) electrons. The van der Waals surface area contributed by atoms with Crippen LogP contribution >= 0.6 is 27.5 Å². The van der Waals surface area contributed by atoms with E-state index in [9.17, 15) is 4.79 Å². The van der Waals surface area contributed by atoms with Crippen molar-refractivity contribution >= 4 is 39.1 Å². The van der Waals surface area contributed by atoms with Gasteiger partial charge in [-0.15, -0.1) is 0 Å². The number of carbonyl (C=O) groups excluding carboxylic acids is 1. The van der Waals surface area contributed by atoms with Gasteiger partial charge in [0.2, 0.25) is 0 Å². The minimum Gasteiger partial charge on any atom is -0.348 e. The lowest BCUT2D eigenvalue weighted by molar-refractivity contribution is 0.0951. The first kappa shape index (κ1) is 14.8. The second-order valence-electron chi connectivity index (χ2n) is 4.11. The van der Waals surface area contributed by atoms with Crippen LogP contribution in [0, 0.1) is 0 Å². The third-order valence-electron chi connectivity index (χ3n) is 2.78. The Kier molecular flexibility index (Phi) is 5.00. The zero-order valence-electron chi connectivity index (χ0n) is 10.5. The van der Waals surface area contributed by atoms with E-state index in [-0.39, 0.29) is 5.91 Å². The zero-order chi connectivity index (χ0) is 14.5. The molecular weight excluding hydrogens is 342 g/mol. The summed E-state index contributed by atoms with van der Waals surface area (Å²) in [6, 6.07) is 12.6. The summed E-state index contributed by atoms with van der Waals surface area (Å²) in [6.07, 6.45) is 0. The number of carbonyl (C=O) groups is 1. The van der Waals surface area contributed by atoms with Crippen molar-refractivity contribution < 1.29 is 4.79 Å². The molecule has 0 aliphatic rings. The second-order valence-corrected chi connectivity index (χ2v) is 5.40. The van der Waals surface area contributed by atoms with E-state index in [0.29, 0.717) is 22.8 Å². The molecule has 20 heavy (non-hydrogen) atoms. The number of nitrogens with one attached hydrogen (secondary N) is 2. The molecular formula is C14H13BrClN3O. The standard InChI is InChI=1S/C14H13BrClN3O/c15-12-4-2-1-3-9(12)8-18-14(20)11-7-10(16)5-6-13(11)19-17/h1-7,19H,8,17H2,(H,18,20). The highest BCUT2D eigenvalue weighted by molar-refractivity contribution is 9.10. The Labute approximate surface area is 130 Å². The van der Waals surface area contributed by atoms with Gasteiger partial charge in [0, 0.05) is 16.0 Å². The summed E-state index contributed by atoms with van der Waals surface area (Å²) in [6.45, 7) is 0.413. The maximum absolute atomic E-state index is 12.2. The number of amides is 1. The van der Waals surface area contributed by atoms with Crippen molar-refractivity contribution in [1.82, 2.24) is 5.32 Å². The second kappa shape index (κ2) is 6.74. The Bertz CT molecular complexity index is 634. The number of rotatable bonds is 4. The van der Waals surface area contributed by atoms with Crippen molar-refractivity contribution in [3.63, 3.8) is 0 Å². The average molecular weight is 355 g/mol. The quantitative estimate of drug-likeness (QED) is 0.583. The third kappa shape index (κ3) is 3.50. The van der Waals surface area contributed by atoms with Crippen LogP contribution in [-0.2, 0) is 6.54 Å². The van der Waals surface area contributed by atoms with Gasteiger partial charge in [0.1, 0.15) is 0 Å². The first-order chi connectivity index (χ1) is 9.61. The van der Waals surface area contributed by atoms with Crippen LogP contribution in [-0.4, -0.2) is 5.91 Å². The smallest absolute Gasteiger partial charge is 0.253 e. The number of benzene rings is 2. The summed E-state index contributed by atoms with van der Waals surface area (Å²) in [7, 11) is 0. The first-order valence-electron chi connectivity index (χ1n) is 5.89. The van der Waals surface area contributed by atoms with Gasteiger partial charge in [0.05, 0.1) is 11.3 Å². The van der Waals surface area contributed by atoms with E-state index >= 15 is 0 Å². The van der Waals surface area contributed by atoms with Crippen LogP contribution in [0.5, 0.6) is 0 Å². The molecule has 0 saturated carbocycles. The summed E-state index contributed by atoms with van der Waals surface area (Å²) in [4.78, 5) is 12.2. The maximum Gasteiger partial charge on any atom is 0.253 e. The van der Waals surface area contributed by atoms with Crippen molar-refractivity contribution in [3.05, 3.63) is 63.1 Å². The van der Waals surface area contributed by atoms with Gasteiger partial charge in [-0.25, -0.2) is 0 Å². The van der Waals surface area contributed by atoms with E-state index in [4.69, 9.17) is 17.4 Å². The molecule has 2 aromatic carbocycles. The Hall–Kier alpha value is -1.56. The van der Waals surface area contributed by atoms with Gasteiger partial charge in [-0.2, -0.15) is 0 Å². The van der Waals surface area contributed by atoms with E-state index in [2.05, 4.69) is 26.7 Å². The number of nitrogens with two attached hydrogens (primary N) is 1. The van der Waals surface area contributed by atoms with Crippen molar-refractivity contribution in [2.24, 2.45) is 5.84 Å². The lowest BCUT2D eigenvalue weighted by Crippen LogP contribution is -2.25.